The van der Waals surface area contributed by atoms with E-state index in [-0.39, 0.29) is 0 Å². The zero-order chi connectivity index (χ0) is 11.3. The van der Waals surface area contributed by atoms with Gasteiger partial charge in [-0.05, 0) is 60.0 Å². The molecule has 2 saturated carbocycles. The Morgan fingerprint density at radius 2 is 2.06 bits per heavy atom. The maximum atomic E-state index is 4.08. The molecular formula is C11H17BrN4. The summed E-state index contributed by atoms with van der Waals surface area (Å²) in [6.45, 7) is 0. The summed E-state index contributed by atoms with van der Waals surface area (Å²) in [5.74, 6) is 2.78. The second-order valence-electron chi connectivity index (χ2n) is 5.14. The van der Waals surface area contributed by atoms with Crippen molar-refractivity contribution < 1.29 is 0 Å². The minimum atomic E-state index is 0.391. The standard InChI is InChI=1S/C11H17BrN4/c1-13-9(8-4-6-3-7(6)5-8)10-11(12)14-15-16(10)2/h6-9,13H,3-5H2,1-2H3. The molecule has 1 N–H and O–H groups in total. The lowest BCUT2D eigenvalue weighted by Crippen LogP contribution is -2.27. The molecule has 0 radical (unpaired) electrons. The molecule has 0 bridgehead atoms. The van der Waals surface area contributed by atoms with Gasteiger partial charge in [0.1, 0.15) is 0 Å². The number of fused-ring (bicyclic) bond motifs is 1. The van der Waals surface area contributed by atoms with Gasteiger partial charge in [0.15, 0.2) is 4.60 Å². The number of nitrogens with zero attached hydrogens (tertiary/aromatic N) is 3. The van der Waals surface area contributed by atoms with Crippen molar-refractivity contribution in [3.63, 3.8) is 0 Å². The van der Waals surface area contributed by atoms with Crippen molar-refractivity contribution in [3.8, 4) is 0 Å². The summed E-state index contributed by atoms with van der Waals surface area (Å²) in [5.41, 5.74) is 1.19. The molecule has 0 spiro atoms. The van der Waals surface area contributed by atoms with Crippen LogP contribution in [0.4, 0.5) is 0 Å². The molecule has 0 saturated heterocycles. The van der Waals surface area contributed by atoms with Crippen molar-refractivity contribution in [1.82, 2.24) is 20.3 Å². The predicted molar refractivity (Wildman–Crippen MR) is 64.8 cm³/mol. The Morgan fingerprint density at radius 3 is 2.56 bits per heavy atom. The smallest absolute Gasteiger partial charge is 0.153 e. The minimum Gasteiger partial charge on any atom is -0.311 e. The molecule has 2 aliphatic carbocycles. The maximum Gasteiger partial charge on any atom is 0.153 e. The highest BCUT2D eigenvalue weighted by atomic mass is 79.9. The van der Waals surface area contributed by atoms with E-state index in [9.17, 15) is 0 Å². The Kier molecular flexibility index (Phi) is 2.55. The second kappa shape index (κ2) is 3.81. The summed E-state index contributed by atoms with van der Waals surface area (Å²) < 4.78 is 2.77. The Labute approximate surface area is 104 Å². The number of aromatic nitrogens is 3. The predicted octanol–water partition coefficient (Wildman–Crippen LogP) is 1.88. The van der Waals surface area contributed by atoms with Crippen molar-refractivity contribution in [2.45, 2.75) is 25.3 Å². The van der Waals surface area contributed by atoms with Gasteiger partial charge in [0, 0.05) is 7.05 Å². The van der Waals surface area contributed by atoms with E-state index in [0.717, 1.165) is 22.4 Å². The first kappa shape index (κ1) is 10.7. The fraction of sp³-hybridized carbons (Fsp3) is 0.818. The molecule has 4 nitrogen and oxygen atoms in total. The van der Waals surface area contributed by atoms with Crippen molar-refractivity contribution in [2.24, 2.45) is 24.8 Å². The first-order chi connectivity index (χ1) is 7.70. The van der Waals surface area contributed by atoms with Crippen LogP contribution in [0.3, 0.4) is 0 Å². The average molecular weight is 285 g/mol. The third-order valence-corrected chi connectivity index (χ3v) is 4.75. The largest absolute Gasteiger partial charge is 0.311 e. The van der Waals surface area contributed by atoms with Gasteiger partial charge in [-0.2, -0.15) is 0 Å². The molecule has 3 unspecified atom stereocenters. The van der Waals surface area contributed by atoms with E-state index in [1.807, 2.05) is 18.8 Å². The molecule has 2 fully saturated rings. The van der Waals surface area contributed by atoms with Gasteiger partial charge < -0.3 is 5.32 Å². The molecule has 2 aliphatic rings. The molecule has 1 heterocycles. The summed E-state index contributed by atoms with van der Waals surface area (Å²) in [4.78, 5) is 0. The monoisotopic (exact) mass is 284 g/mol. The highest BCUT2D eigenvalue weighted by Gasteiger charge is 2.48. The van der Waals surface area contributed by atoms with Gasteiger partial charge in [0.25, 0.3) is 0 Å². The molecule has 0 aromatic carbocycles. The minimum absolute atomic E-state index is 0.391. The van der Waals surface area contributed by atoms with Gasteiger partial charge in [-0.1, -0.05) is 5.21 Å². The van der Waals surface area contributed by atoms with Gasteiger partial charge in [-0.25, -0.2) is 4.68 Å². The highest BCUT2D eigenvalue weighted by molar-refractivity contribution is 9.10. The van der Waals surface area contributed by atoms with E-state index in [0.29, 0.717) is 6.04 Å². The lowest BCUT2D eigenvalue weighted by molar-refractivity contribution is 0.343. The van der Waals surface area contributed by atoms with E-state index < -0.39 is 0 Å². The zero-order valence-corrected chi connectivity index (χ0v) is 11.2. The molecule has 16 heavy (non-hydrogen) atoms. The van der Waals surface area contributed by atoms with E-state index in [1.165, 1.54) is 25.0 Å². The summed E-state index contributed by atoms with van der Waals surface area (Å²) in [6.07, 6.45) is 4.21. The second-order valence-corrected chi connectivity index (χ2v) is 5.89. The molecular weight excluding hydrogens is 268 g/mol. The van der Waals surface area contributed by atoms with Crippen LogP contribution < -0.4 is 5.32 Å². The van der Waals surface area contributed by atoms with Gasteiger partial charge in [-0.3, -0.25) is 0 Å². The third kappa shape index (κ3) is 1.61. The molecule has 3 atom stereocenters. The summed E-state index contributed by atoms with van der Waals surface area (Å²) in [5, 5.41) is 11.6. The number of aryl methyl sites for hydroxylation is 1. The SMILES string of the molecule is CNC(c1c(Br)nnn1C)C1CC2CC2C1. The fourth-order valence-corrected chi connectivity index (χ4v) is 3.87. The number of halogens is 1. The Bertz CT molecular complexity index is 373. The van der Waals surface area contributed by atoms with Crippen LogP contribution in [-0.4, -0.2) is 22.0 Å². The van der Waals surface area contributed by atoms with Crippen LogP contribution >= 0.6 is 15.9 Å². The molecule has 1 aromatic rings. The molecule has 0 amide bonds. The summed E-state index contributed by atoms with van der Waals surface area (Å²) in [6, 6.07) is 0.391. The first-order valence-electron chi connectivity index (χ1n) is 5.93. The van der Waals surface area contributed by atoms with Crippen LogP contribution in [0.25, 0.3) is 0 Å². The number of nitrogens with one attached hydrogen (secondary N) is 1. The van der Waals surface area contributed by atoms with Crippen LogP contribution in [0.5, 0.6) is 0 Å². The van der Waals surface area contributed by atoms with Crippen molar-refractivity contribution in [2.75, 3.05) is 7.05 Å². The van der Waals surface area contributed by atoms with Crippen molar-refractivity contribution in [1.29, 1.82) is 0 Å². The van der Waals surface area contributed by atoms with E-state index in [4.69, 9.17) is 0 Å². The van der Waals surface area contributed by atoms with Gasteiger partial charge in [0.2, 0.25) is 0 Å². The Morgan fingerprint density at radius 1 is 1.38 bits per heavy atom. The van der Waals surface area contributed by atoms with Crippen LogP contribution in [-0.2, 0) is 7.05 Å². The summed E-state index contributed by atoms with van der Waals surface area (Å²) >= 11 is 3.50. The number of hydrogen-bond acceptors (Lipinski definition) is 3. The van der Waals surface area contributed by atoms with E-state index in [2.05, 4.69) is 31.6 Å². The fourth-order valence-electron chi connectivity index (χ4n) is 3.30. The molecule has 3 rings (SSSR count). The molecule has 5 heteroatoms. The van der Waals surface area contributed by atoms with Gasteiger partial charge in [-0.15, -0.1) is 5.10 Å². The van der Waals surface area contributed by atoms with E-state index >= 15 is 0 Å². The van der Waals surface area contributed by atoms with E-state index in [1.54, 1.807) is 0 Å². The highest BCUT2D eigenvalue weighted by Crippen LogP contribution is 2.57. The van der Waals surface area contributed by atoms with Crippen LogP contribution in [0.1, 0.15) is 31.0 Å². The lowest BCUT2D eigenvalue weighted by atomic mass is 9.92. The molecule has 1 aromatic heterocycles. The zero-order valence-electron chi connectivity index (χ0n) is 9.65. The quantitative estimate of drug-likeness (QED) is 0.922. The summed E-state index contributed by atoms with van der Waals surface area (Å²) in [7, 11) is 4.00. The average Bonchev–Trinajstić information content (AvgIpc) is 2.75. The normalized spacial score (nSPS) is 33.8. The maximum absolute atomic E-state index is 4.08. The Hall–Kier alpha value is -0.420. The lowest BCUT2D eigenvalue weighted by Gasteiger charge is -2.24. The van der Waals surface area contributed by atoms with Crippen LogP contribution in [0.15, 0.2) is 4.60 Å². The molecule has 88 valence electrons. The van der Waals surface area contributed by atoms with Crippen LogP contribution in [0.2, 0.25) is 0 Å². The number of rotatable bonds is 3. The topological polar surface area (TPSA) is 42.7 Å². The van der Waals surface area contributed by atoms with Crippen molar-refractivity contribution >= 4 is 15.9 Å². The molecule has 0 aliphatic heterocycles. The van der Waals surface area contributed by atoms with Gasteiger partial charge >= 0.3 is 0 Å². The Balaban J connectivity index is 1.85. The third-order valence-electron chi connectivity index (χ3n) is 4.18. The van der Waals surface area contributed by atoms with Crippen LogP contribution in [0, 0.1) is 17.8 Å². The first-order valence-corrected chi connectivity index (χ1v) is 6.72. The van der Waals surface area contributed by atoms with Gasteiger partial charge in [0.05, 0.1) is 11.7 Å². The number of hydrogen-bond donors (Lipinski definition) is 1. The van der Waals surface area contributed by atoms with Crippen molar-refractivity contribution in [3.05, 3.63) is 10.3 Å².